The highest BCUT2D eigenvalue weighted by Gasteiger charge is 2.10. The van der Waals surface area contributed by atoms with Gasteiger partial charge in [0.15, 0.2) is 5.96 Å². The number of hydrogen-bond donors (Lipinski definition) is 3. The van der Waals surface area contributed by atoms with Gasteiger partial charge < -0.3 is 16.0 Å². The summed E-state index contributed by atoms with van der Waals surface area (Å²) >= 11 is 0. The molecule has 0 aliphatic rings. The first-order valence-electron chi connectivity index (χ1n) is 9.61. The lowest BCUT2D eigenvalue weighted by Crippen LogP contribution is -2.37. The summed E-state index contributed by atoms with van der Waals surface area (Å²) < 4.78 is 13.7. The van der Waals surface area contributed by atoms with Gasteiger partial charge in [0.05, 0.1) is 0 Å². The first-order chi connectivity index (χ1) is 13.5. The molecule has 0 radical (unpaired) electrons. The molecule has 1 unspecified atom stereocenters. The number of carbonyl (C=O) groups excluding carboxylic acids is 1. The summed E-state index contributed by atoms with van der Waals surface area (Å²) in [7, 11) is 1.70. The van der Waals surface area contributed by atoms with Gasteiger partial charge in [0.1, 0.15) is 5.82 Å². The molecule has 0 aliphatic heterocycles. The molecule has 2 aromatic rings. The van der Waals surface area contributed by atoms with Gasteiger partial charge in [0.25, 0.3) is 0 Å². The van der Waals surface area contributed by atoms with Crippen molar-refractivity contribution in [2.24, 2.45) is 10.9 Å². The predicted octanol–water partition coefficient (Wildman–Crippen LogP) is 4.34. The van der Waals surface area contributed by atoms with Crippen molar-refractivity contribution in [3.8, 4) is 0 Å². The number of carbonyl (C=O) groups is 1. The van der Waals surface area contributed by atoms with E-state index in [9.17, 15) is 9.18 Å². The topological polar surface area (TPSA) is 65.5 Å². The molecule has 1 amide bonds. The minimum atomic E-state index is -0.191. The van der Waals surface area contributed by atoms with Crippen LogP contribution in [0.2, 0.25) is 0 Å². The van der Waals surface area contributed by atoms with Crippen molar-refractivity contribution in [2.45, 2.75) is 33.2 Å². The Morgan fingerprint density at radius 1 is 1.14 bits per heavy atom. The number of benzene rings is 2. The minimum absolute atomic E-state index is 0. The van der Waals surface area contributed by atoms with Gasteiger partial charge in [-0.05, 0) is 42.2 Å². The lowest BCUT2D eigenvalue weighted by molar-refractivity contribution is -0.119. The van der Waals surface area contributed by atoms with E-state index in [2.05, 4.69) is 20.9 Å². The summed E-state index contributed by atoms with van der Waals surface area (Å²) in [5, 5.41) is 9.36. The first-order valence-corrected chi connectivity index (χ1v) is 9.61. The molecule has 7 heteroatoms. The SMILES string of the molecule is CCC(C)C(=O)Nc1cccc(CNC(=NC)NCCc2ccccc2F)c1.I. The molecule has 2 aromatic carbocycles. The zero-order valence-corrected chi connectivity index (χ0v) is 19.5. The maximum absolute atomic E-state index is 13.7. The highest BCUT2D eigenvalue weighted by Crippen LogP contribution is 2.13. The van der Waals surface area contributed by atoms with Crippen LogP contribution in [-0.4, -0.2) is 25.5 Å². The van der Waals surface area contributed by atoms with Crippen molar-refractivity contribution in [1.29, 1.82) is 0 Å². The second kappa shape index (κ2) is 13.1. The number of guanidine groups is 1. The van der Waals surface area contributed by atoms with Crippen LogP contribution in [0, 0.1) is 11.7 Å². The number of aliphatic imine (C=N–C) groups is 1. The molecule has 2 rings (SSSR count). The second-order valence-corrected chi connectivity index (χ2v) is 6.69. The molecule has 0 saturated heterocycles. The average Bonchev–Trinajstić information content (AvgIpc) is 2.71. The summed E-state index contributed by atoms with van der Waals surface area (Å²) in [6.07, 6.45) is 1.38. The smallest absolute Gasteiger partial charge is 0.227 e. The molecule has 0 aliphatic carbocycles. The summed E-state index contributed by atoms with van der Waals surface area (Å²) in [5.41, 5.74) is 2.49. The first kappa shape index (κ1) is 24.9. The zero-order chi connectivity index (χ0) is 20.4. The molecule has 29 heavy (non-hydrogen) atoms. The summed E-state index contributed by atoms with van der Waals surface area (Å²) in [4.78, 5) is 16.2. The van der Waals surface area contributed by atoms with Crippen LogP contribution in [0.25, 0.3) is 0 Å². The van der Waals surface area contributed by atoms with Gasteiger partial charge in [-0.15, -0.1) is 24.0 Å². The lowest BCUT2D eigenvalue weighted by atomic mass is 10.1. The quantitative estimate of drug-likeness (QED) is 0.280. The Labute approximate surface area is 189 Å². The molecule has 0 aromatic heterocycles. The van der Waals surface area contributed by atoms with E-state index in [1.807, 2.05) is 44.2 Å². The fourth-order valence-corrected chi connectivity index (χ4v) is 2.63. The molecule has 3 N–H and O–H groups in total. The number of rotatable bonds is 8. The van der Waals surface area contributed by atoms with Crippen LogP contribution in [-0.2, 0) is 17.8 Å². The Balaban J connectivity index is 0.00000420. The highest BCUT2D eigenvalue weighted by molar-refractivity contribution is 14.0. The minimum Gasteiger partial charge on any atom is -0.356 e. The van der Waals surface area contributed by atoms with Crippen LogP contribution in [0.4, 0.5) is 10.1 Å². The molecular weight excluding hydrogens is 482 g/mol. The number of halogens is 2. The van der Waals surface area contributed by atoms with Crippen molar-refractivity contribution in [3.63, 3.8) is 0 Å². The lowest BCUT2D eigenvalue weighted by Gasteiger charge is -2.14. The van der Waals surface area contributed by atoms with Crippen LogP contribution >= 0.6 is 24.0 Å². The van der Waals surface area contributed by atoms with E-state index >= 15 is 0 Å². The van der Waals surface area contributed by atoms with Gasteiger partial charge in [-0.25, -0.2) is 4.39 Å². The van der Waals surface area contributed by atoms with E-state index in [1.54, 1.807) is 19.2 Å². The number of hydrogen-bond acceptors (Lipinski definition) is 2. The Morgan fingerprint density at radius 2 is 1.90 bits per heavy atom. The largest absolute Gasteiger partial charge is 0.356 e. The van der Waals surface area contributed by atoms with E-state index in [1.165, 1.54) is 6.07 Å². The van der Waals surface area contributed by atoms with Crippen LogP contribution in [0.15, 0.2) is 53.5 Å². The zero-order valence-electron chi connectivity index (χ0n) is 17.2. The third-order valence-corrected chi connectivity index (χ3v) is 4.58. The van der Waals surface area contributed by atoms with Crippen molar-refractivity contribution >= 4 is 41.5 Å². The number of nitrogens with zero attached hydrogens (tertiary/aromatic N) is 1. The normalized spacial score (nSPS) is 11.9. The Morgan fingerprint density at radius 3 is 2.59 bits per heavy atom. The molecule has 0 saturated carbocycles. The maximum Gasteiger partial charge on any atom is 0.227 e. The van der Waals surface area contributed by atoms with Gasteiger partial charge in [-0.2, -0.15) is 0 Å². The van der Waals surface area contributed by atoms with Crippen LogP contribution in [0.3, 0.4) is 0 Å². The van der Waals surface area contributed by atoms with Gasteiger partial charge in [-0.1, -0.05) is 44.2 Å². The Bertz CT molecular complexity index is 813. The monoisotopic (exact) mass is 512 g/mol. The van der Waals surface area contributed by atoms with Crippen molar-refractivity contribution in [3.05, 3.63) is 65.5 Å². The third-order valence-electron chi connectivity index (χ3n) is 4.58. The summed E-state index contributed by atoms with van der Waals surface area (Å²) in [5.74, 6) is 0.464. The molecule has 0 bridgehead atoms. The summed E-state index contributed by atoms with van der Waals surface area (Å²) in [6.45, 7) is 5.05. The van der Waals surface area contributed by atoms with E-state index in [0.717, 1.165) is 17.7 Å². The fraction of sp³-hybridized carbons (Fsp3) is 0.364. The van der Waals surface area contributed by atoms with E-state index in [-0.39, 0.29) is 41.6 Å². The second-order valence-electron chi connectivity index (χ2n) is 6.69. The average molecular weight is 512 g/mol. The van der Waals surface area contributed by atoms with Crippen LogP contribution in [0.1, 0.15) is 31.4 Å². The van der Waals surface area contributed by atoms with Crippen molar-refractivity contribution in [2.75, 3.05) is 18.9 Å². The number of amides is 1. The molecule has 0 heterocycles. The van der Waals surface area contributed by atoms with Gasteiger partial charge in [0, 0.05) is 31.7 Å². The third kappa shape index (κ3) is 8.39. The van der Waals surface area contributed by atoms with Crippen LogP contribution in [0.5, 0.6) is 0 Å². The molecule has 5 nitrogen and oxygen atoms in total. The number of nitrogens with one attached hydrogen (secondary N) is 3. The van der Waals surface area contributed by atoms with E-state index in [0.29, 0.717) is 31.0 Å². The van der Waals surface area contributed by atoms with Gasteiger partial charge >= 0.3 is 0 Å². The van der Waals surface area contributed by atoms with Gasteiger partial charge in [0.2, 0.25) is 5.91 Å². The molecule has 0 spiro atoms. The molecule has 158 valence electrons. The highest BCUT2D eigenvalue weighted by atomic mass is 127. The molecule has 0 fully saturated rings. The van der Waals surface area contributed by atoms with Crippen molar-refractivity contribution < 1.29 is 9.18 Å². The predicted molar refractivity (Wildman–Crippen MR) is 128 cm³/mol. The Hall–Kier alpha value is -2.16. The van der Waals surface area contributed by atoms with E-state index < -0.39 is 0 Å². The van der Waals surface area contributed by atoms with Crippen LogP contribution < -0.4 is 16.0 Å². The number of anilines is 1. The maximum atomic E-state index is 13.7. The Kier molecular flexibility index (Phi) is 11.3. The standard InChI is InChI=1S/C22H29FN4O.HI/c1-4-16(2)21(28)27-19-10-7-8-17(14-19)15-26-22(24-3)25-13-12-18-9-5-6-11-20(18)23;/h5-11,14,16H,4,12-13,15H2,1-3H3,(H,27,28)(H2,24,25,26);1H. The molecule has 1 atom stereocenters. The van der Waals surface area contributed by atoms with Crippen molar-refractivity contribution in [1.82, 2.24) is 10.6 Å². The van der Waals surface area contributed by atoms with E-state index in [4.69, 9.17) is 0 Å². The molecular formula is C22H30FIN4O. The van der Waals surface area contributed by atoms with Gasteiger partial charge in [-0.3, -0.25) is 9.79 Å². The summed E-state index contributed by atoms with van der Waals surface area (Å²) in [6, 6.07) is 14.5. The fourth-order valence-electron chi connectivity index (χ4n) is 2.63.